The third-order valence-electron chi connectivity index (χ3n) is 6.40. The Balaban J connectivity index is 1.77. The van der Waals surface area contributed by atoms with Gasteiger partial charge < -0.3 is 15.3 Å². The molecule has 0 spiro atoms. The number of piperidine rings is 1. The highest BCUT2D eigenvalue weighted by atomic mass is 19.4. The number of hydrogen-bond donors (Lipinski definition) is 2. The van der Waals surface area contributed by atoms with E-state index in [1.54, 1.807) is 0 Å². The van der Waals surface area contributed by atoms with Gasteiger partial charge in [0.2, 0.25) is 0 Å². The van der Waals surface area contributed by atoms with E-state index >= 15 is 0 Å². The van der Waals surface area contributed by atoms with Crippen LogP contribution in [0.2, 0.25) is 0 Å². The van der Waals surface area contributed by atoms with Crippen LogP contribution in [-0.2, 0) is 12.7 Å². The average molecular weight is 468 g/mol. The second kappa shape index (κ2) is 11.3. The van der Waals surface area contributed by atoms with Crippen molar-refractivity contribution in [2.24, 2.45) is 0 Å². The van der Waals surface area contributed by atoms with E-state index in [-0.39, 0.29) is 11.7 Å². The molecule has 2 aromatic carbocycles. The zero-order chi connectivity index (χ0) is 24.0. The van der Waals surface area contributed by atoms with Gasteiger partial charge in [0.15, 0.2) is 6.35 Å². The molecule has 1 saturated heterocycles. The molecule has 4 nitrogen and oxygen atoms in total. The molecule has 1 aliphatic rings. The van der Waals surface area contributed by atoms with Gasteiger partial charge >= 0.3 is 6.18 Å². The quantitative estimate of drug-likeness (QED) is 0.367. The number of anilines is 1. The molecule has 0 amide bonds. The Morgan fingerprint density at radius 3 is 2.39 bits per heavy atom. The van der Waals surface area contributed by atoms with E-state index in [9.17, 15) is 22.7 Å². The first kappa shape index (κ1) is 25.5. The van der Waals surface area contributed by atoms with Gasteiger partial charge in [0.25, 0.3) is 0 Å². The molecular weight excluding hydrogens is 434 g/mol. The molecule has 0 bridgehead atoms. The van der Waals surface area contributed by atoms with Gasteiger partial charge in [0.05, 0.1) is 11.3 Å². The Kier molecular flexibility index (Phi) is 8.73. The van der Waals surface area contributed by atoms with Gasteiger partial charge in [-0.2, -0.15) is 13.2 Å². The van der Waals surface area contributed by atoms with Gasteiger partial charge in [-0.3, -0.25) is 4.90 Å². The molecule has 1 heterocycles. The number of benzene rings is 2. The Morgan fingerprint density at radius 1 is 1.12 bits per heavy atom. The third-order valence-corrected chi connectivity index (χ3v) is 6.40. The van der Waals surface area contributed by atoms with Crippen LogP contribution in [-0.4, -0.2) is 46.4 Å². The van der Waals surface area contributed by atoms with Crippen LogP contribution in [0.3, 0.4) is 0 Å². The topological polar surface area (TPSA) is 38.7 Å². The number of aliphatic hydroxyl groups is 1. The second-order valence-electron chi connectivity index (χ2n) is 8.77. The number of halogens is 4. The lowest BCUT2D eigenvalue weighted by Crippen LogP contribution is -2.52. The van der Waals surface area contributed by atoms with Crippen LogP contribution in [0, 0.1) is 5.82 Å². The molecule has 0 radical (unpaired) electrons. The first-order valence-electron chi connectivity index (χ1n) is 11.5. The van der Waals surface area contributed by atoms with Crippen LogP contribution in [0.4, 0.5) is 23.2 Å². The van der Waals surface area contributed by atoms with Gasteiger partial charge in [-0.05, 0) is 63.0 Å². The second-order valence-corrected chi connectivity index (χ2v) is 8.77. The number of hydrogen-bond acceptors (Lipinski definition) is 4. The monoisotopic (exact) mass is 467 g/mol. The molecule has 182 valence electrons. The molecule has 1 fully saturated rings. The summed E-state index contributed by atoms with van der Waals surface area (Å²) in [6.07, 6.45) is -2.08. The lowest BCUT2D eigenvalue weighted by atomic mass is 10.00. The predicted molar refractivity (Wildman–Crippen MR) is 122 cm³/mol. The zero-order valence-electron chi connectivity index (χ0n) is 19.2. The summed E-state index contributed by atoms with van der Waals surface area (Å²) in [4.78, 5) is 4.25. The Bertz CT molecular complexity index is 870. The summed E-state index contributed by atoms with van der Waals surface area (Å²) in [5.74, 6) is -0.843. The average Bonchev–Trinajstić information content (AvgIpc) is 2.79. The Hall–Kier alpha value is -2.16. The van der Waals surface area contributed by atoms with E-state index in [1.807, 2.05) is 35.2 Å². The first-order valence-corrected chi connectivity index (χ1v) is 11.5. The number of likely N-dealkylation sites (tertiary alicyclic amines) is 1. The van der Waals surface area contributed by atoms with Crippen molar-refractivity contribution in [1.29, 1.82) is 0 Å². The van der Waals surface area contributed by atoms with Gasteiger partial charge in [0, 0.05) is 18.6 Å². The lowest BCUT2D eigenvalue weighted by molar-refractivity contribution is -0.137. The van der Waals surface area contributed by atoms with Gasteiger partial charge in [-0.15, -0.1) is 0 Å². The largest absolute Gasteiger partial charge is 0.416 e. The van der Waals surface area contributed by atoms with Crippen molar-refractivity contribution >= 4 is 5.69 Å². The van der Waals surface area contributed by atoms with Crippen LogP contribution >= 0.6 is 0 Å². The lowest BCUT2D eigenvalue weighted by Gasteiger charge is -2.42. The molecule has 33 heavy (non-hydrogen) atoms. The van der Waals surface area contributed by atoms with Crippen LogP contribution in [0.25, 0.3) is 0 Å². The van der Waals surface area contributed by atoms with Crippen molar-refractivity contribution in [3.63, 3.8) is 0 Å². The number of alkyl halides is 3. The van der Waals surface area contributed by atoms with E-state index in [1.165, 1.54) is 0 Å². The van der Waals surface area contributed by atoms with E-state index in [0.29, 0.717) is 24.7 Å². The number of rotatable bonds is 9. The fourth-order valence-electron chi connectivity index (χ4n) is 4.50. The van der Waals surface area contributed by atoms with Crippen LogP contribution < -0.4 is 5.32 Å². The number of nitrogens with zero attached hydrogens (tertiary/aromatic N) is 2. The summed E-state index contributed by atoms with van der Waals surface area (Å²) >= 11 is 0. The fourth-order valence-corrected chi connectivity index (χ4v) is 4.50. The summed E-state index contributed by atoms with van der Waals surface area (Å²) < 4.78 is 53.6. The summed E-state index contributed by atoms with van der Waals surface area (Å²) in [7, 11) is 0. The Morgan fingerprint density at radius 2 is 1.79 bits per heavy atom. The minimum absolute atomic E-state index is 0.00615. The summed E-state index contributed by atoms with van der Waals surface area (Å²) in [5, 5.41) is 13.6. The highest BCUT2D eigenvalue weighted by molar-refractivity contribution is 5.48. The molecule has 2 N–H and O–H groups in total. The molecule has 0 aliphatic carbocycles. The summed E-state index contributed by atoms with van der Waals surface area (Å²) in [6, 6.07) is 12.2. The highest BCUT2D eigenvalue weighted by Crippen LogP contribution is 2.32. The van der Waals surface area contributed by atoms with E-state index in [0.717, 1.165) is 50.4 Å². The van der Waals surface area contributed by atoms with Crippen molar-refractivity contribution < 1.29 is 22.7 Å². The molecule has 8 heteroatoms. The molecular formula is C25H33F4N3O. The van der Waals surface area contributed by atoms with Crippen molar-refractivity contribution in [2.45, 2.75) is 70.7 Å². The van der Waals surface area contributed by atoms with Gasteiger partial charge in [0.1, 0.15) is 5.82 Å². The highest BCUT2D eigenvalue weighted by Gasteiger charge is 2.33. The van der Waals surface area contributed by atoms with Crippen molar-refractivity contribution in [3.8, 4) is 0 Å². The summed E-state index contributed by atoms with van der Waals surface area (Å²) in [5.41, 5.74) is -0.375. The van der Waals surface area contributed by atoms with Gasteiger partial charge in [-0.25, -0.2) is 4.39 Å². The van der Waals surface area contributed by atoms with Crippen LogP contribution in [0.15, 0.2) is 48.5 Å². The molecule has 3 rings (SSSR count). The maximum absolute atomic E-state index is 14.3. The maximum atomic E-state index is 14.3. The number of aliphatic hydroxyl groups excluding tert-OH is 1. The molecule has 0 aromatic heterocycles. The first-order chi connectivity index (χ1) is 15.7. The number of nitrogens with one attached hydrogen (secondary N) is 1. The summed E-state index contributed by atoms with van der Waals surface area (Å²) in [6.45, 7) is 6.53. The Labute approximate surface area is 193 Å². The standard InChI is InChI=1S/C25H33F4N3O/c1-3-7-18(2)31-14-12-21(13-15-31)32(17-19-8-5-4-6-9-19)24(33)30-23-16-20(25(27,28)29)10-11-22(23)26/h4-6,8-11,16,18,21,24,30,33H,3,7,12-15,17H2,1-2H3. The van der Waals surface area contributed by atoms with E-state index < -0.39 is 23.9 Å². The molecule has 2 atom stereocenters. The van der Waals surface area contributed by atoms with E-state index in [2.05, 4.69) is 24.1 Å². The maximum Gasteiger partial charge on any atom is 0.416 e. The molecule has 1 aliphatic heterocycles. The molecule has 2 unspecified atom stereocenters. The smallest absolute Gasteiger partial charge is 0.361 e. The van der Waals surface area contributed by atoms with Gasteiger partial charge in [-0.1, -0.05) is 43.7 Å². The fraction of sp³-hybridized carbons (Fsp3) is 0.520. The normalized spacial score (nSPS) is 17.8. The van der Waals surface area contributed by atoms with Crippen LogP contribution in [0.1, 0.15) is 50.7 Å². The predicted octanol–water partition coefficient (Wildman–Crippen LogP) is 5.69. The van der Waals surface area contributed by atoms with Crippen molar-refractivity contribution in [2.75, 3.05) is 18.4 Å². The SMILES string of the molecule is CCCC(C)N1CCC(N(Cc2ccccc2)C(O)Nc2cc(C(F)(F)F)ccc2F)CC1. The van der Waals surface area contributed by atoms with Crippen molar-refractivity contribution in [3.05, 3.63) is 65.5 Å². The zero-order valence-corrected chi connectivity index (χ0v) is 19.2. The molecule has 0 saturated carbocycles. The third kappa shape index (κ3) is 6.91. The van der Waals surface area contributed by atoms with Crippen LogP contribution in [0.5, 0.6) is 0 Å². The minimum atomic E-state index is -4.60. The minimum Gasteiger partial charge on any atom is -0.361 e. The van der Waals surface area contributed by atoms with Crippen molar-refractivity contribution in [1.82, 2.24) is 9.80 Å². The molecule has 2 aromatic rings. The van der Waals surface area contributed by atoms with E-state index in [4.69, 9.17) is 0 Å².